The summed E-state index contributed by atoms with van der Waals surface area (Å²) in [4.78, 5) is 18.2. The highest BCUT2D eigenvalue weighted by Crippen LogP contribution is 2.27. The van der Waals surface area contributed by atoms with Crippen molar-refractivity contribution in [2.75, 3.05) is 0 Å². The molecular weight excluding hydrogens is 456 g/mol. The van der Waals surface area contributed by atoms with Crippen LogP contribution in [0.2, 0.25) is 5.02 Å². The topological polar surface area (TPSA) is 73.8 Å². The predicted molar refractivity (Wildman–Crippen MR) is 131 cm³/mol. The quantitative estimate of drug-likeness (QED) is 0.230. The number of halogens is 1. The molecule has 0 amide bonds. The molecule has 0 aliphatic carbocycles. The van der Waals surface area contributed by atoms with E-state index in [2.05, 4.69) is 16.3 Å². The van der Waals surface area contributed by atoms with E-state index < -0.39 is 0 Å². The molecule has 0 unspecified atom stereocenters. The van der Waals surface area contributed by atoms with Crippen LogP contribution in [0.5, 0.6) is 0 Å². The molecule has 0 N–H and O–H groups in total. The van der Waals surface area contributed by atoms with Gasteiger partial charge in [0.1, 0.15) is 0 Å². The molecule has 0 spiro atoms. The second-order valence-electron chi connectivity index (χ2n) is 7.69. The van der Waals surface area contributed by atoms with Crippen LogP contribution in [0.4, 0.5) is 0 Å². The lowest BCUT2D eigenvalue weighted by Crippen LogP contribution is -2.22. The molecule has 3 aromatic carbocycles. The van der Waals surface area contributed by atoms with Gasteiger partial charge in [-0.3, -0.25) is 9.36 Å². The Hall–Kier alpha value is -3.42. The zero-order valence-corrected chi connectivity index (χ0v) is 19.5. The summed E-state index contributed by atoms with van der Waals surface area (Å²) in [5, 5.41) is 10.1. The summed E-state index contributed by atoms with van der Waals surface area (Å²) in [6.07, 6.45) is 0. The van der Waals surface area contributed by atoms with E-state index in [9.17, 15) is 4.79 Å². The number of benzene rings is 3. The van der Waals surface area contributed by atoms with Crippen molar-refractivity contribution in [3.05, 3.63) is 99.1 Å². The molecule has 0 bridgehead atoms. The van der Waals surface area contributed by atoms with Gasteiger partial charge in [-0.2, -0.15) is 0 Å². The molecular formula is C25H19ClN4O2S. The molecule has 8 heteroatoms. The van der Waals surface area contributed by atoms with E-state index in [0.29, 0.717) is 38.6 Å². The van der Waals surface area contributed by atoms with E-state index in [4.69, 9.17) is 21.0 Å². The average Bonchev–Trinajstić information content (AvgIpc) is 3.26. The van der Waals surface area contributed by atoms with Crippen molar-refractivity contribution in [2.45, 2.75) is 24.8 Å². The number of para-hydroxylation sites is 1. The lowest BCUT2D eigenvalue weighted by atomic mass is 10.1. The maximum atomic E-state index is 13.4. The minimum atomic E-state index is -0.111. The van der Waals surface area contributed by atoms with Gasteiger partial charge in [-0.1, -0.05) is 41.6 Å². The fourth-order valence-corrected chi connectivity index (χ4v) is 4.64. The molecule has 5 aromatic rings. The minimum absolute atomic E-state index is 0.111. The van der Waals surface area contributed by atoms with Gasteiger partial charge in [-0.15, -0.1) is 10.2 Å². The number of hydrogen-bond acceptors (Lipinski definition) is 6. The molecule has 164 valence electrons. The second kappa shape index (κ2) is 8.84. The number of aryl methyl sites for hydroxylation is 2. The Morgan fingerprint density at radius 2 is 1.70 bits per heavy atom. The van der Waals surface area contributed by atoms with Crippen molar-refractivity contribution in [1.82, 2.24) is 19.7 Å². The third-order valence-corrected chi connectivity index (χ3v) is 6.27. The van der Waals surface area contributed by atoms with E-state index in [0.717, 1.165) is 22.4 Å². The first kappa shape index (κ1) is 21.4. The van der Waals surface area contributed by atoms with Crippen molar-refractivity contribution >= 4 is 34.3 Å². The largest absolute Gasteiger partial charge is 0.420 e. The Labute approximate surface area is 199 Å². The number of nitrogens with zero attached hydrogens (tertiary/aromatic N) is 4. The van der Waals surface area contributed by atoms with Crippen LogP contribution in [0.3, 0.4) is 0 Å². The van der Waals surface area contributed by atoms with Crippen molar-refractivity contribution in [3.63, 3.8) is 0 Å². The van der Waals surface area contributed by atoms with Gasteiger partial charge in [0, 0.05) is 10.6 Å². The van der Waals surface area contributed by atoms with E-state index in [1.807, 2.05) is 56.3 Å². The lowest BCUT2D eigenvalue weighted by molar-refractivity contribution is 0.528. The van der Waals surface area contributed by atoms with Crippen LogP contribution in [0.25, 0.3) is 28.0 Å². The SMILES string of the molecule is Cc1cc(C)cc(-n2c(SCc3nnc(-c4ccc(Cl)cc4)o3)nc3ccccc3c2=O)c1. The van der Waals surface area contributed by atoms with Gasteiger partial charge >= 0.3 is 0 Å². The van der Waals surface area contributed by atoms with Gasteiger partial charge in [0.15, 0.2) is 5.16 Å². The summed E-state index contributed by atoms with van der Waals surface area (Å²) >= 11 is 7.34. The van der Waals surface area contributed by atoms with Crippen molar-refractivity contribution < 1.29 is 4.42 Å². The third kappa shape index (κ3) is 4.42. The molecule has 0 aliphatic rings. The Morgan fingerprint density at radius 3 is 2.45 bits per heavy atom. The van der Waals surface area contributed by atoms with E-state index in [1.54, 1.807) is 22.8 Å². The third-order valence-electron chi connectivity index (χ3n) is 5.09. The maximum absolute atomic E-state index is 13.4. The molecule has 0 atom stereocenters. The summed E-state index contributed by atoms with van der Waals surface area (Å²) in [5.74, 6) is 1.23. The minimum Gasteiger partial charge on any atom is -0.420 e. The second-order valence-corrected chi connectivity index (χ2v) is 9.07. The smallest absolute Gasteiger partial charge is 0.266 e. The molecule has 2 aromatic heterocycles. The normalized spacial score (nSPS) is 11.2. The van der Waals surface area contributed by atoms with Crippen LogP contribution >= 0.6 is 23.4 Å². The standard InChI is InChI=1S/C25H19ClN4O2S/c1-15-11-16(2)13-19(12-15)30-24(31)20-5-3-4-6-21(20)27-25(30)33-14-22-28-29-23(32-22)17-7-9-18(26)10-8-17/h3-13H,14H2,1-2H3. The molecule has 0 fully saturated rings. The van der Waals surface area contributed by atoms with E-state index >= 15 is 0 Å². The highest BCUT2D eigenvalue weighted by atomic mass is 35.5. The summed E-state index contributed by atoms with van der Waals surface area (Å²) in [6, 6.07) is 20.6. The van der Waals surface area contributed by atoms with Gasteiger partial charge in [0.25, 0.3) is 5.56 Å². The first-order valence-corrected chi connectivity index (χ1v) is 11.7. The fraction of sp³-hybridized carbons (Fsp3) is 0.120. The van der Waals surface area contributed by atoms with Crippen LogP contribution in [-0.4, -0.2) is 19.7 Å². The van der Waals surface area contributed by atoms with Gasteiger partial charge in [0.05, 0.1) is 22.3 Å². The monoisotopic (exact) mass is 474 g/mol. The zero-order chi connectivity index (χ0) is 22.9. The summed E-state index contributed by atoms with van der Waals surface area (Å²) in [7, 11) is 0. The van der Waals surface area contributed by atoms with Crippen molar-refractivity contribution in [1.29, 1.82) is 0 Å². The first-order chi connectivity index (χ1) is 16.0. The highest BCUT2D eigenvalue weighted by molar-refractivity contribution is 7.98. The Morgan fingerprint density at radius 1 is 0.970 bits per heavy atom. The van der Waals surface area contributed by atoms with Crippen molar-refractivity contribution in [3.8, 4) is 17.1 Å². The molecule has 0 aliphatic heterocycles. The molecule has 0 saturated heterocycles. The summed E-state index contributed by atoms with van der Waals surface area (Å²) < 4.78 is 7.49. The summed E-state index contributed by atoms with van der Waals surface area (Å²) in [5.41, 5.74) is 4.26. The summed E-state index contributed by atoms with van der Waals surface area (Å²) in [6.45, 7) is 4.03. The molecule has 5 rings (SSSR count). The number of thioether (sulfide) groups is 1. The number of fused-ring (bicyclic) bond motifs is 1. The molecule has 6 nitrogen and oxygen atoms in total. The zero-order valence-electron chi connectivity index (χ0n) is 17.9. The Balaban J connectivity index is 1.53. The van der Waals surface area contributed by atoms with Crippen LogP contribution in [0.1, 0.15) is 17.0 Å². The number of hydrogen-bond donors (Lipinski definition) is 0. The number of aromatic nitrogens is 4. The lowest BCUT2D eigenvalue weighted by Gasteiger charge is -2.14. The highest BCUT2D eigenvalue weighted by Gasteiger charge is 2.16. The molecule has 33 heavy (non-hydrogen) atoms. The molecule has 0 saturated carbocycles. The molecule has 0 radical (unpaired) electrons. The predicted octanol–water partition coefficient (Wildman–Crippen LogP) is 6.00. The van der Waals surface area contributed by atoms with Crippen LogP contribution < -0.4 is 5.56 Å². The van der Waals surface area contributed by atoms with Gasteiger partial charge in [-0.05, 0) is 73.5 Å². The van der Waals surface area contributed by atoms with Crippen molar-refractivity contribution in [2.24, 2.45) is 0 Å². The van der Waals surface area contributed by atoms with E-state index in [-0.39, 0.29) is 5.56 Å². The van der Waals surface area contributed by atoms with Gasteiger partial charge < -0.3 is 4.42 Å². The average molecular weight is 475 g/mol. The maximum Gasteiger partial charge on any atom is 0.266 e. The number of rotatable bonds is 5. The van der Waals surface area contributed by atoms with Crippen LogP contribution in [0.15, 0.2) is 81.1 Å². The fourth-order valence-electron chi connectivity index (χ4n) is 3.66. The Bertz CT molecular complexity index is 1510. The van der Waals surface area contributed by atoms with E-state index in [1.165, 1.54) is 11.8 Å². The van der Waals surface area contributed by atoms with Crippen LogP contribution in [-0.2, 0) is 5.75 Å². The van der Waals surface area contributed by atoms with Crippen LogP contribution in [0, 0.1) is 13.8 Å². The van der Waals surface area contributed by atoms with Gasteiger partial charge in [-0.25, -0.2) is 4.98 Å². The van der Waals surface area contributed by atoms with Gasteiger partial charge in [0.2, 0.25) is 11.8 Å². The Kier molecular flexibility index (Phi) is 5.74. The molecule has 2 heterocycles. The first-order valence-electron chi connectivity index (χ1n) is 10.3.